The van der Waals surface area contributed by atoms with Crippen molar-refractivity contribution in [1.82, 2.24) is 4.57 Å². The summed E-state index contributed by atoms with van der Waals surface area (Å²) in [6, 6.07) is 2.77. The molecule has 1 saturated carbocycles. The molecule has 0 saturated heterocycles. The molecule has 0 aromatic carbocycles. The third kappa shape index (κ3) is 2.34. The molecule has 0 aliphatic heterocycles. The lowest BCUT2D eigenvalue weighted by Crippen LogP contribution is -2.25. The van der Waals surface area contributed by atoms with Crippen LogP contribution in [0.2, 0.25) is 0 Å². The number of carbonyl (C=O) groups excluding carboxylic acids is 1. The molecule has 0 amide bonds. The second kappa shape index (κ2) is 5.75. The van der Waals surface area contributed by atoms with E-state index in [9.17, 15) is 4.79 Å². The number of aromatic nitrogens is 1. The number of aryl methyl sites for hydroxylation is 1. The van der Waals surface area contributed by atoms with Gasteiger partial charge in [0.1, 0.15) is 0 Å². The Morgan fingerprint density at radius 3 is 2.65 bits per heavy atom. The number of hydrogen-bond donors (Lipinski definition) is 0. The van der Waals surface area contributed by atoms with E-state index in [1.807, 2.05) is 0 Å². The van der Waals surface area contributed by atoms with Gasteiger partial charge in [0, 0.05) is 29.4 Å². The number of rotatable bonds is 3. The summed E-state index contributed by atoms with van der Waals surface area (Å²) >= 11 is 0. The fourth-order valence-corrected chi connectivity index (χ4v) is 4.46. The second-order valence-corrected chi connectivity index (χ2v) is 6.67. The topological polar surface area (TPSA) is 22.0 Å². The smallest absolute Gasteiger partial charge is 0.164 e. The lowest BCUT2D eigenvalue weighted by Gasteiger charge is -2.33. The highest BCUT2D eigenvalue weighted by Crippen LogP contribution is 2.38. The molecule has 2 heteroatoms. The van der Waals surface area contributed by atoms with Crippen LogP contribution in [0.1, 0.15) is 86.1 Å². The summed E-state index contributed by atoms with van der Waals surface area (Å²) in [4.78, 5) is 12.1. The quantitative estimate of drug-likeness (QED) is 0.772. The van der Waals surface area contributed by atoms with E-state index in [-0.39, 0.29) is 0 Å². The first-order chi connectivity index (χ1) is 9.72. The van der Waals surface area contributed by atoms with Gasteiger partial charge in [0.05, 0.1) is 0 Å². The Morgan fingerprint density at radius 1 is 1.20 bits per heavy atom. The summed E-state index contributed by atoms with van der Waals surface area (Å²) in [5, 5.41) is 0. The summed E-state index contributed by atoms with van der Waals surface area (Å²) in [6.45, 7) is 4.51. The Labute approximate surface area is 122 Å². The standard InChI is InChI=1S/C18H27NO/c1-3-16(14-8-5-4-6-9-14)19-13(2)12-15-17(19)10-7-11-18(15)20/h12,14,16H,3-11H2,1-2H3. The highest BCUT2D eigenvalue weighted by atomic mass is 16.1. The summed E-state index contributed by atoms with van der Waals surface area (Å²) in [7, 11) is 0. The number of hydrogen-bond acceptors (Lipinski definition) is 1. The molecule has 1 aromatic heterocycles. The first kappa shape index (κ1) is 13.9. The minimum atomic E-state index is 0.367. The van der Waals surface area contributed by atoms with Crippen LogP contribution in [-0.4, -0.2) is 10.4 Å². The monoisotopic (exact) mass is 273 g/mol. The minimum absolute atomic E-state index is 0.367. The van der Waals surface area contributed by atoms with Crippen LogP contribution in [0.15, 0.2) is 6.07 Å². The number of Topliss-reactive ketones (excluding diaryl/α,β-unsaturated/α-hetero) is 1. The lowest BCUT2D eigenvalue weighted by molar-refractivity contribution is 0.0971. The van der Waals surface area contributed by atoms with Crippen molar-refractivity contribution in [3.05, 3.63) is 23.0 Å². The maximum atomic E-state index is 12.1. The molecule has 2 aliphatic carbocycles. The van der Waals surface area contributed by atoms with E-state index in [1.54, 1.807) is 0 Å². The zero-order chi connectivity index (χ0) is 14.1. The Morgan fingerprint density at radius 2 is 1.95 bits per heavy atom. The van der Waals surface area contributed by atoms with Gasteiger partial charge >= 0.3 is 0 Å². The Bertz CT molecular complexity index is 494. The normalized spacial score (nSPS) is 21.8. The molecule has 1 heterocycles. The molecule has 1 fully saturated rings. The van der Waals surface area contributed by atoms with Crippen molar-refractivity contribution in [1.29, 1.82) is 0 Å². The zero-order valence-electron chi connectivity index (χ0n) is 13.0. The Balaban J connectivity index is 1.97. The molecule has 110 valence electrons. The van der Waals surface area contributed by atoms with Crippen LogP contribution in [0.5, 0.6) is 0 Å². The Kier molecular flexibility index (Phi) is 4.00. The first-order valence-electron chi connectivity index (χ1n) is 8.46. The molecule has 0 radical (unpaired) electrons. The lowest BCUT2D eigenvalue weighted by atomic mass is 9.82. The van der Waals surface area contributed by atoms with Crippen molar-refractivity contribution in [2.24, 2.45) is 5.92 Å². The van der Waals surface area contributed by atoms with Crippen LogP contribution in [0.4, 0.5) is 0 Å². The third-order valence-electron chi connectivity index (χ3n) is 5.40. The predicted molar refractivity (Wildman–Crippen MR) is 82.3 cm³/mol. The van der Waals surface area contributed by atoms with E-state index in [4.69, 9.17) is 0 Å². The van der Waals surface area contributed by atoms with Crippen LogP contribution >= 0.6 is 0 Å². The van der Waals surface area contributed by atoms with Crippen molar-refractivity contribution in [2.75, 3.05) is 0 Å². The van der Waals surface area contributed by atoms with Crippen LogP contribution in [0.3, 0.4) is 0 Å². The molecule has 0 spiro atoms. The van der Waals surface area contributed by atoms with Crippen molar-refractivity contribution in [2.45, 2.75) is 77.7 Å². The molecule has 2 nitrogen and oxygen atoms in total. The summed E-state index contributed by atoms with van der Waals surface area (Å²) < 4.78 is 2.54. The van der Waals surface area contributed by atoms with Gasteiger partial charge in [-0.15, -0.1) is 0 Å². The first-order valence-corrected chi connectivity index (χ1v) is 8.46. The SMILES string of the molecule is CCC(C1CCCCC1)n1c(C)cc2c1CCCC2=O. The largest absolute Gasteiger partial charge is 0.345 e. The van der Waals surface area contributed by atoms with Gasteiger partial charge in [-0.2, -0.15) is 0 Å². The molecule has 3 rings (SSSR count). The van der Waals surface area contributed by atoms with Gasteiger partial charge < -0.3 is 4.57 Å². The number of ketones is 1. The minimum Gasteiger partial charge on any atom is -0.345 e. The fourth-order valence-electron chi connectivity index (χ4n) is 4.46. The van der Waals surface area contributed by atoms with Crippen LogP contribution in [0, 0.1) is 12.8 Å². The van der Waals surface area contributed by atoms with Crippen molar-refractivity contribution in [3.63, 3.8) is 0 Å². The molecular weight excluding hydrogens is 246 g/mol. The average molecular weight is 273 g/mol. The van der Waals surface area contributed by atoms with Gasteiger partial charge in [-0.05, 0) is 51.0 Å². The number of fused-ring (bicyclic) bond motifs is 1. The van der Waals surface area contributed by atoms with Crippen molar-refractivity contribution in [3.8, 4) is 0 Å². The van der Waals surface area contributed by atoms with Gasteiger partial charge in [0.25, 0.3) is 0 Å². The second-order valence-electron chi connectivity index (χ2n) is 6.67. The Hall–Kier alpha value is -1.05. The predicted octanol–water partition coefficient (Wildman–Crippen LogP) is 4.85. The van der Waals surface area contributed by atoms with E-state index in [2.05, 4.69) is 24.5 Å². The summed E-state index contributed by atoms with van der Waals surface area (Å²) in [5.41, 5.74) is 3.68. The molecule has 1 atom stereocenters. The van der Waals surface area contributed by atoms with Gasteiger partial charge in [0.15, 0.2) is 5.78 Å². The number of nitrogens with zero attached hydrogens (tertiary/aromatic N) is 1. The molecule has 0 N–H and O–H groups in total. The van der Waals surface area contributed by atoms with Crippen LogP contribution in [-0.2, 0) is 6.42 Å². The fraction of sp³-hybridized carbons (Fsp3) is 0.722. The summed E-state index contributed by atoms with van der Waals surface area (Å²) in [6.07, 6.45) is 11.0. The molecule has 20 heavy (non-hydrogen) atoms. The summed E-state index contributed by atoms with van der Waals surface area (Å²) in [5.74, 6) is 1.19. The zero-order valence-corrected chi connectivity index (χ0v) is 13.0. The van der Waals surface area contributed by atoms with Gasteiger partial charge in [0.2, 0.25) is 0 Å². The molecule has 0 bridgehead atoms. The van der Waals surface area contributed by atoms with E-state index >= 15 is 0 Å². The third-order valence-corrected chi connectivity index (χ3v) is 5.40. The van der Waals surface area contributed by atoms with Crippen LogP contribution < -0.4 is 0 Å². The molecule has 1 aromatic rings. The van der Waals surface area contributed by atoms with E-state index in [0.717, 1.165) is 30.7 Å². The highest BCUT2D eigenvalue weighted by molar-refractivity contribution is 5.98. The molecule has 2 aliphatic rings. The van der Waals surface area contributed by atoms with Gasteiger partial charge in [-0.1, -0.05) is 26.2 Å². The van der Waals surface area contributed by atoms with Gasteiger partial charge in [-0.25, -0.2) is 0 Å². The van der Waals surface area contributed by atoms with Crippen LogP contribution in [0.25, 0.3) is 0 Å². The van der Waals surface area contributed by atoms with E-state index in [0.29, 0.717) is 11.8 Å². The van der Waals surface area contributed by atoms with E-state index < -0.39 is 0 Å². The maximum Gasteiger partial charge on any atom is 0.164 e. The van der Waals surface area contributed by atoms with Crippen molar-refractivity contribution >= 4 is 5.78 Å². The van der Waals surface area contributed by atoms with Crippen molar-refractivity contribution < 1.29 is 4.79 Å². The average Bonchev–Trinajstić information content (AvgIpc) is 2.80. The highest BCUT2D eigenvalue weighted by Gasteiger charge is 2.30. The molecular formula is C18H27NO. The maximum absolute atomic E-state index is 12.1. The van der Waals surface area contributed by atoms with Gasteiger partial charge in [-0.3, -0.25) is 4.79 Å². The molecule has 1 unspecified atom stereocenters. The number of carbonyl (C=O) groups is 1. The van der Waals surface area contributed by atoms with E-state index in [1.165, 1.54) is 49.9 Å².